The molecule has 0 radical (unpaired) electrons. The number of anilines is 1. The number of ether oxygens (including phenoxy) is 2. The fraction of sp³-hybridized carbons (Fsp3) is 0.375. The van der Waals surface area contributed by atoms with E-state index in [0.717, 1.165) is 30.6 Å². The van der Waals surface area contributed by atoms with Crippen molar-refractivity contribution in [2.75, 3.05) is 12.0 Å². The van der Waals surface area contributed by atoms with Gasteiger partial charge in [-0.1, -0.05) is 26.2 Å². The number of nitrogens with zero attached hydrogens (tertiary/aromatic N) is 1. The monoisotopic (exact) mass is 409 g/mol. The molecule has 158 valence electrons. The van der Waals surface area contributed by atoms with Crippen molar-refractivity contribution in [2.45, 2.75) is 52.1 Å². The van der Waals surface area contributed by atoms with E-state index in [1.807, 2.05) is 6.92 Å². The highest BCUT2D eigenvalue weighted by molar-refractivity contribution is 6.34. The summed E-state index contributed by atoms with van der Waals surface area (Å²) >= 11 is 0. The largest absolute Gasteiger partial charge is 0.497 e. The molecule has 0 unspecified atom stereocenters. The molecule has 6 heteroatoms. The Morgan fingerprint density at radius 3 is 2.33 bits per heavy atom. The first-order valence-electron chi connectivity index (χ1n) is 10.3. The van der Waals surface area contributed by atoms with E-state index in [1.54, 1.807) is 31.4 Å². The quantitative estimate of drug-likeness (QED) is 0.331. The van der Waals surface area contributed by atoms with Crippen LogP contribution in [0.5, 0.6) is 5.75 Å². The van der Waals surface area contributed by atoms with E-state index in [2.05, 4.69) is 6.92 Å². The molecule has 1 atom stereocenters. The first-order chi connectivity index (χ1) is 14.5. The van der Waals surface area contributed by atoms with E-state index in [0.29, 0.717) is 11.4 Å². The summed E-state index contributed by atoms with van der Waals surface area (Å²) in [5.74, 6) is -0.722. The lowest BCUT2D eigenvalue weighted by atomic mass is 10.1. The van der Waals surface area contributed by atoms with Crippen LogP contribution in [0.2, 0.25) is 0 Å². The van der Waals surface area contributed by atoms with Crippen LogP contribution < -0.4 is 9.64 Å². The topological polar surface area (TPSA) is 72.9 Å². The molecule has 0 aliphatic carbocycles. The Bertz CT molecular complexity index is 935. The van der Waals surface area contributed by atoms with E-state index in [-0.39, 0.29) is 22.8 Å². The summed E-state index contributed by atoms with van der Waals surface area (Å²) in [4.78, 5) is 39.2. The smallest absolute Gasteiger partial charge is 0.338 e. The van der Waals surface area contributed by atoms with Gasteiger partial charge in [-0.3, -0.25) is 9.59 Å². The molecule has 0 aromatic heterocycles. The van der Waals surface area contributed by atoms with Crippen molar-refractivity contribution >= 4 is 23.5 Å². The van der Waals surface area contributed by atoms with Crippen LogP contribution in [0.3, 0.4) is 0 Å². The minimum atomic E-state index is -0.482. The van der Waals surface area contributed by atoms with E-state index in [9.17, 15) is 14.4 Å². The van der Waals surface area contributed by atoms with Gasteiger partial charge in [0, 0.05) is 0 Å². The Morgan fingerprint density at radius 2 is 1.67 bits per heavy atom. The Balaban J connectivity index is 1.72. The summed E-state index contributed by atoms with van der Waals surface area (Å²) in [6.07, 6.45) is 5.07. The Hall–Kier alpha value is -3.15. The van der Waals surface area contributed by atoms with Gasteiger partial charge in [0.25, 0.3) is 11.8 Å². The summed E-state index contributed by atoms with van der Waals surface area (Å²) in [6, 6.07) is 11.2. The molecule has 0 saturated heterocycles. The lowest BCUT2D eigenvalue weighted by Gasteiger charge is -2.14. The molecule has 0 spiro atoms. The number of hydrogen-bond donors (Lipinski definition) is 0. The van der Waals surface area contributed by atoms with Gasteiger partial charge in [-0.15, -0.1) is 0 Å². The zero-order valence-electron chi connectivity index (χ0n) is 17.6. The Morgan fingerprint density at radius 1 is 0.967 bits per heavy atom. The van der Waals surface area contributed by atoms with Crippen LogP contribution in [-0.4, -0.2) is 31.0 Å². The molecule has 2 aromatic carbocycles. The van der Waals surface area contributed by atoms with Gasteiger partial charge in [0.15, 0.2) is 0 Å². The lowest BCUT2D eigenvalue weighted by Crippen LogP contribution is -2.29. The van der Waals surface area contributed by atoms with Gasteiger partial charge in [0.05, 0.1) is 35.6 Å². The predicted octanol–water partition coefficient (Wildman–Crippen LogP) is 5.01. The first kappa shape index (κ1) is 21.6. The standard InChI is InChI=1S/C24H27NO5/c1-4-5-6-7-8-16(2)30-24(28)17-9-14-20-21(15-17)23(27)25(22(20)26)18-10-12-19(29-3)13-11-18/h9-16H,4-8H2,1-3H3/t16-/m0/s1. The van der Waals surface area contributed by atoms with Gasteiger partial charge in [0.1, 0.15) is 5.75 Å². The molecule has 0 saturated carbocycles. The van der Waals surface area contributed by atoms with Crippen LogP contribution in [0.15, 0.2) is 42.5 Å². The highest BCUT2D eigenvalue weighted by Gasteiger charge is 2.37. The van der Waals surface area contributed by atoms with Crippen LogP contribution in [0.4, 0.5) is 5.69 Å². The number of amides is 2. The van der Waals surface area contributed by atoms with Crippen molar-refractivity contribution in [2.24, 2.45) is 0 Å². The van der Waals surface area contributed by atoms with Crippen LogP contribution in [0.25, 0.3) is 0 Å². The van der Waals surface area contributed by atoms with Gasteiger partial charge in [-0.05, 0) is 62.2 Å². The van der Waals surface area contributed by atoms with Gasteiger partial charge in [-0.2, -0.15) is 0 Å². The van der Waals surface area contributed by atoms with Crippen molar-refractivity contribution in [3.8, 4) is 5.75 Å². The number of carbonyl (C=O) groups excluding carboxylic acids is 3. The minimum absolute atomic E-state index is 0.198. The number of esters is 1. The Kier molecular flexibility index (Phi) is 6.87. The van der Waals surface area contributed by atoms with Gasteiger partial charge in [-0.25, -0.2) is 9.69 Å². The van der Waals surface area contributed by atoms with Crippen LogP contribution in [-0.2, 0) is 4.74 Å². The number of benzene rings is 2. The van der Waals surface area contributed by atoms with E-state index >= 15 is 0 Å². The number of methoxy groups -OCH3 is 1. The molecular weight excluding hydrogens is 382 g/mol. The van der Waals surface area contributed by atoms with Gasteiger partial charge >= 0.3 is 5.97 Å². The molecule has 0 N–H and O–H groups in total. The Labute approximate surface area is 176 Å². The molecule has 3 rings (SSSR count). The number of carbonyl (C=O) groups is 3. The highest BCUT2D eigenvalue weighted by Crippen LogP contribution is 2.30. The number of hydrogen-bond acceptors (Lipinski definition) is 5. The van der Waals surface area contributed by atoms with Crippen LogP contribution >= 0.6 is 0 Å². The molecule has 0 bridgehead atoms. The molecule has 1 aliphatic heterocycles. The summed E-state index contributed by atoms with van der Waals surface area (Å²) < 4.78 is 10.6. The summed E-state index contributed by atoms with van der Waals surface area (Å²) in [5, 5.41) is 0. The molecule has 2 aromatic rings. The van der Waals surface area contributed by atoms with Crippen LogP contribution in [0.1, 0.15) is 77.0 Å². The maximum atomic E-state index is 12.9. The average molecular weight is 409 g/mol. The van der Waals surface area contributed by atoms with Crippen molar-refractivity contribution in [3.05, 3.63) is 59.2 Å². The number of unbranched alkanes of at least 4 members (excludes halogenated alkanes) is 3. The molecule has 2 amide bonds. The SMILES string of the molecule is CCCCCC[C@H](C)OC(=O)c1ccc2c(c1)C(=O)N(c1ccc(OC)cc1)C2=O. The van der Waals surface area contributed by atoms with E-state index in [1.165, 1.54) is 24.6 Å². The molecule has 1 heterocycles. The van der Waals surface area contributed by atoms with Crippen molar-refractivity contribution in [3.63, 3.8) is 0 Å². The molecule has 0 fully saturated rings. The van der Waals surface area contributed by atoms with E-state index in [4.69, 9.17) is 9.47 Å². The van der Waals surface area contributed by atoms with Crippen molar-refractivity contribution in [1.29, 1.82) is 0 Å². The molecule has 6 nitrogen and oxygen atoms in total. The second-order valence-corrected chi connectivity index (χ2v) is 7.47. The maximum absolute atomic E-state index is 12.9. The number of rotatable bonds is 9. The summed E-state index contributed by atoms with van der Waals surface area (Å²) in [7, 11) is 1.55. The minimum Gasteiger partial charge on any atom is -0.497 e. The second-order valence-electron chi connectivity index (χ2n) is 7.47. The number of fused-ring (bicyclic) bond motifs is 1. The van der Waals surface area contributed by atoms with Gasteiger partial charge in [0.2, 0.25) is 0 Å². The maximum Gasteiger partial charge on any atom is 0.338 e. The van der Waals surface area contributed by atoms with Crippen molar-refractivity contribution < 1.29 is 23.9 Å². The predicted molar refractivity (Wildman–Crippen MR) is 114 cm³/mol. The third-order valence-electron chi connectivity index (χ3n) is 5.23. The average Bonchev–Trinajstić information content (AvgIpc) is 3.01. The normalized spacial score (nSPS) is 13.9. The second kappa shape index (κ2) is 9.57. The third-order valence-corrected chi connectivity index (χ3v) is 5.23. The fourth-order valence-electron chi connectivity index (χ4n) is 3.50. The van der Waals surface area contributed by atoms with Crippen molar-refractivity contribution in [1.82, 2.24) is 0 Å². The lowest BCUT2D eigenvalue weighted by molar-refractivity contribution is 0.0319. The fourth-order valence-corrected chi connectivity index (χ4v) is 3.50. The molecule has 1 aliphatic rings. The summed E-state index contributed by atoms with van der Waals surface area (Å²) in [5.41, 5.74) is 1.21. The third kappa shape index (κ3) is 4.53. The molecule has 30 heavy (non-hydrogen) atoms. The summed E-state index contributed by atoms with van der Waals surface area (Å²) in [6.45, 7) is 4.02. The zero-order valence-corrected chi connectivity index (χ0v) is 17.6. The van der Waals surface area contributed by atoms with Gasteiger partial charge < -0.3 is 9.47 Å². The molecular formula is C24H27NO5. The van der Waals surface area contributed by atoms with E-state index < -0.39 is 17.8 Å². The highest BCUT2D eigenvalue weighted by atomic mass is 16.5. The van der Waals surface area contributed by atoms with Crippen LogP contribution in [0, 0.1) is 0 Å². The number of imide groups is 1. The first-order valence-corrected chi connectivity index (χ1v) is 10.3. The zero-order chi connectivity index (χ0) is 21.7.